The minimum Gasteiger partial charge on any atom is -0.398 e. The molecule has 0 spiro atoms. The summed E-state index contributed by atoms with van der Waals surface area (Å²) in [5.74, 6) is 0.814. The van der Waals surface area contributed by atoms with Gasteiger partial charge in [0.15, 0.2) is 11.6 Å². The molecule has 1 aliphatic rings. The predicted molar refractivity (Wildman–Crippen MR) is 139 cm³/mol. The molecule has 6 nitrogen and oxygen atoms in total. The van der Waals surface area contributed by atoms with Crippen LogP contribution in [-0.2, 0) is 0 Å². The molecule has 0 bridgehead atoms. The summed E-state index contributed by atoms with van der Waals surface area (Å²) in [6.45, 7) is 4.08. The maximum absolute atomic E-state index is 13.2. The number of nitrogens with two attached hydrogens (primary N) is 1. The van der Waals surface area contributed by atoms with Crippen molar-refractivity contribution in [3.05, 3.63) is 58.7 Å². The van der Waals surface area contributed by atoms with Gasteiger partial charge in [0, 0.05) is 41.9 Å². The number of thioether (sulfide) groups is 1. The summed E-state index contributed by atoms with van der Waals surface area (Å²) in [6, 6.07) is 10.5. The zero-order valence-corrected chi connectivity index (χ0v) is 21.4. The van der Waals surface area contributed by atoms with Crippen LogP contribution >= 0.6 is 11.8 Å². The highest BCUT2D eigenvalue weighted by molar-refractivity contribution is 7.98. The molecule has 0 aromatic heterocycles. The Morgan fingerprint density at radius 2 is 1.39 bits per heavy atom. The van der Waals surface area contributed by atoms with Crippen LogP contribution < -0.4 is 11.1 Å². The van der Waals surface area contributed by atoms with E-state index in [4.69, 9.17) is 5.73 Å². The molecular weight excluding hydrogens is 432 g/mol. The lowest BCUT2D eigenvalue weighted by Crippen LogP contribution is -2.45. The molecule has 0 heterocycles. The number of nitrogens with zero attached hydrogens (tertiary/aromatic N) is 2. The largest absolute Gasteiger partial charge is 0.398 e. The van der Waals surface area contributed by atoms with Gasteiger partial charge >= 0.3 is 0 Å². The Balaban J connectivity index is 1.61. The average Bonchev–Trinajstić information content (AvgIpc) is 2.75. The van der Waals surface area contributed by atoms with Gasteiger partial charge in [-0.25, -0.2) is 0 Å². The van der Waals surface area contributed by atoms with Crippen LogP contribution in [0.2, 0.25) is 0 Å². The highest BCUT2D eigenvalue weighted by Crippen LogP contribution is 2.35. The van der Waals surface area contributed by atoms with Gasteiger partial charge in [-0.15, -0.1) is 11.8 Å². The van der Waals surface area contributed by atoms with E-state index < -0.39 is 0 Å². The summed E-state index contributed by atoms with van der Waals surface area (Å²) in [5, 5.41) is 3.41. The van der Waals surface area contributed by atoms with Crippen LogP contribution in [0.3, 0.4) is 0 Å². The summed E-state index contributed by atoms with van der Waals surface area (Å²) in [5.41, 5.74) is 8.77. The Labute approximate surface area is 202 Å². The van der Waals surface area contributed by atoms with Gasteiger partial charge in [-0.3, -0.25) is 9.59 Å². The number of anilines is 2. The molecule has 0 saturated carbocycles. The summed E-state index contributed by atoms with van der Waals surface area (Å²) in [4.78, 5) is 26.2. The first-order valence-corrected chi connectivity index (χ1v) is 12.9. The van der Waals surface area contributed by atoms with Gasteiger partial charge in [0.25, 0.3) is 0 Å². The first-order chi connectivity index (χ1) is 15.6. The number of ketones is 2. The molecule has 178 valence electrons. The zero-order valence-electron chi connectivity index (χ0n) is 20.6. The maximum Gasteiger partial charge on any atom is 0.196 e. The summed E-state index contributed by atoms with van der Waals surface area (Å²) < 4.78 is 2.01. The van der Waals surface area contributed by atoms with Gasteiger partial charge in [-0.2, -0.15) is 0 Å². The normalized spacial score (nSPS) is 13.6. The Bertz CT molecular complexity index is 1030. The van der Waals surface area contributed by atoms with E-state index in [1.165, 1.54) is 13.0 Å². The van der Waals surface area contributed by atoms with E-state index in [2.05, 4.69) is 39.8 Å². The van der Waals surface area contributed by atoms with Crippen LogP contribution in [0, 0.1) is 0 Å². The number of rotatable bonds is 11. The zero-order chi connectivity index (χ0) is 24.2. The maximum atomic E-state index is 13.2. The molecule has 3 rings (SSSR count). The van der Waals surface area contributed by atoms with Crippen molar-refractivity contribution < 1.29 is 18.6 Å². The monoisotopic (exact) mass is 470 g/mol. The fourth-order valence-electron chi connectivity index (χ4n) is 4.58. The Morgan fingerprint density at radius 1 is 0.818 bits per heavy atom. The van der Waals surface area contributed by atoms with Gasteiger partial charge in [-0.1, -0.05) is 24.3 Å². The first-order valence-electron chi connectivity index (χ1n) is 11.5. The molecule has 33 heavy (non-hydrogen) atoms. The van der Waals surface area contributed by atoms with Crippen molar-refractivity contribution in [3.8, 4) is 0 Å². The Kier molecular flexibility index (Phi) is 7.88. The molecule has 2 aromatic carbocycles. The van der Waals surface area contributed by atoms with E-state index in [0.29, 0.717) is 33.6 Å². The smallest absolute Gasteiger partial charge is 0.196 e. The molecule has 2 aromatic rings. The number of carbonyl (C=O) groups excluding carboxylic acids is 2. The molecular formula is C26H38N4O2S+2. The molecule has 0 aliphatic heterocycles. The molecule has 0 fully saturated rings. The Morgan fingerprint density at radius 3 is 2.03 bits per heavy atom. The first kappa shape index (κ1) is 25.3. The second-order valence-electron chi connectivity index (χ2n) is 10.3. The molecule has 0 unspecified atom stereocenters. The minimum atomic E-state index is -0.179. The topological polar surface area (TPSA) is 72.2 Å². The number of fused-ring (bicyclic) bond motifs is 2. The SMILES string of the molecule is CSC[N+](C)(C)CCC[N+](C)(C)CCCNc1ccc(N)c2c1C(=O)c1ccccc1C2=O. The lowest BCUT2D eigenvalue weighted by molar-refractivity contribution is -0.904. The lowest BCUT2D eigenvalue weighted by atomic mass is 9.82. The van der Waals surface area contributed by atoms with Crippen molar-refractivity contribution >= 4 is 34.7 Å². The second-order valence-corrected chi connectivity index (χ2v) is 11.1. The van der Waals surface area contributed by atoms with E-state index in [-0.39, 0.29) is 11.6 Å². The lowest BCUT2D eigenvalue weighted by Gasteiger charge is -2.33. The molecule has 1 aliphatic carbocycles. The van der Waals surface area contributed by atoms with Crippen LogP contribution in [0.25, 0.3) is 0 Å². The van der Waals surface area contributed by atoms with E-state index >= 15 is 0 Å². The number of carbonyl (C=O) groups is 2. The molecule has 7 heteroatoms. The van der Waals surface area contributed by atoms with E-state index in [0.717, 1.165) is 40.9 Å². The number of hydrogen-bond acceptors (Lipinski definition) is 5. The van der Waals surface area contributed by atoms with Gasteiger partial charge in [0.1, 0.15) is 5.88 Å². The van der Waals surface area contributed by atoms with Crippen molar-refractivity contribution in [1.29, 1.82) is 0 Å². The number of nitrogens with one attached hydrogen (secondary N) is 1. The molecule has 0 radical (unpaired) electrons. The summed E-state index contributed by atoms with van der Waals surface area (Å²) in [7, 11) is 9.13. The number of nitrogen functional groups attached to an aromatic ring is 1. The second kappa shape index (κ2) is 10.3. The third-order valence-electron chi connectivity index (χ3n) is 6.37. The van der Waals surface area contributed by atoms with Crippen LogP contribution in [0.4, 0.5) is 11.4 Å². The van der Waals surface area contributed by atoms with Gasteiger partial charge in [-0.05, 0) is 18.4 Å². The van der Waals surface area contributed by atoms with Crippen LogP contribution in [0.5, 0.6) is 0 Å². The van der Waals surface area contributed by atoms with Gasteiger partial charge in [0.2, 0.25) is 0 Å². The molecule has 3 N–H and O–H groups in total. The third-order valence-corrected chi connectivity index (χ3v) is 7.33. The van der Waals surface area contributed by atoms with Crippen molar-refractivity contribution in [2.45, 2.75) is 12.8 Å². The number of benzene rings is 2. The molecule has 0 atom stereocenters. The van der Waals surface area contributed by atoms with Crippen molar-refractivity contribution in [1.82, 2.24) is 0 Å². The van der Waals surface area contributed by atoms with E-state index in [9.17, 15) is 9.59 Å². The fraction of sp³-hybridized carbons (Fsp3) is 0.462. The van der Waals surface area contributed by atoms with Crippen LogP contribution in [-0.4, -0.2) is 87.0 Å². The quantitative estimate of drug-likeness (QED) is 0.193. The third kappa shape index (κ3) is 5.96. The van der Waals surface area contributed by atoms with E-state index in [1.807, 2.05) is 17.8 Å². The van der Waals surface area contributed by atoms with Gasteiger partial charge in [0.05, 0.1) is 59.0 Å². The average molecular weight is 471 g/mol. The highest BCUT2D eigenvalue weighted by Gasteiger charge is 2.33. The number of quaternary nitrogens is 2. The van der Waals surface area contributed by atoms with Crippen molar-refractivity contribution in [2.75, 3.05) is 77.6 Å². The fourth-order valence-corrected chi connectivity index (χ4v) is 5.41. The van der Waals surface area contributed by atoms with Crippen molar-refractivity contribution in [2.24, 2.45) is 0 Å². The van der Waals surface area contributed by atoms with Crippen molar-refractivity contribution in [3.63, 3.8) is 0 Å². The van der Waals surface area contributed by atoms with Gasteiger partial charge < -0.3 is 20.0 Å². The molecule has 0 amide bonds. The van der Waals surface area contributed by atoms with Crippen LogP contribution in [0.1, 0.15) is 44.7 Å². The highest BCUT2D eigenvalue weighted by atomic mass is 32.2. The Hall–Kier alpha value is -2.35. The standard InChI is InChI=1S/C26H36N4O2S/c1-29(2,16-9-17-30(3,4)18-33-5)15-8-14-28-22-13-12-21(27)23-24(22)26(32)20-11-7-6-10-19(20)25(23)31/h6-7,10-13H,8-9,14-18H2,1-5H3,(H-2,27,28,31,32)/p+2. The minimum absolute atomic E-state index is 0.142. The predicted octanol–water partition coefficient (Wildman–Crippen LogP) is 3.71. The summed E-state index contributed by atoms with van der Waals surface area (Å²) >= 11 is 1.89. The summed E-state index contributed by atoms with van der Waals surface area (Å²) in [6.07, 6.45) is 4.32. The van der Waals surface area contributed by atoms with Crippen LogP contribution in [0.15, 0.2) is 36.4 Å². The van der Waals surface area contributed by atoms with E-state index in [1.54, 1.807) is 30.3 Å². The number of hydrogen-bond donors (Lipinski definition) is 2. The molecule has 0 saturated heterocycles.